The van der Waals surface area contributed by atoms with E-state index in [0.29, 0.717) is 17.7 Å². The minimum atomic E-state index is -0.0810. The molecule has 0 atom stereocenters. The van der Waals surface area contributed by atoms with E-state index in [2.05, 4.69) is 5.32 Å². The van der Waals surface area contributed by atoms with Crippen molar-refractivity contribution in [1.29, 1.82) is 0 Å². The van der Waals surface area contributed by atoms with E-state index in [1.54, 1.807) is 23.6 Å². The average Bonchev–Trinajstić information content (AvgIpc) is 3.21. The lowest BCUT2D eigenvalue weighted by Gasteiger charge is -2.13. The van der Waals surface area contributed by atoms with Crippen LogP contribution in [0.1, 0.15) is 44.8 Å². The minimum absolute atomic E-state index is 0.0810. The summed E-state index contributed by atoms with van der Waals surface area (Å²) in [5, 5.41) is 16.2. The van der Waals surface area contributed by atoms with Crippen LogP contribution in [0.25, 0.3) is 10.8 Å². The number of nitrogens with one attached hydrogen (secondary N) is 1. The molecule has 2 N–H and O–H groups in total. The first-order valence-corrected chi connectivity index (χ1v) is 11.7. The van der Waals surface area contributed by atoms with Crippen molar-refractivity contribution in [1.82, 2.24) is 5.32 Å². The Hall–Kier alpha value is -3.44. The van der Waals surface area contributed by atoms with Crippen LogP contribution in [0.3, 0.4) is 0 Å². The summed E-state index contributed by atoms with van der Waals surface area (Å²) in [6, 6.07) is 21.4. The standard InChI is InChI=1S/C27H24N2O2S/c30-23-15-14-19-10-4-5-11-20(19)22(23)17-29-27-25(21-12-6-7-13-24(21)32-27)26(31)28-16-18-8-2-1-3-9-18/h1-5,8-11,14-15,17,30H,6-7,12-13,16H2,(H,28,31)/b29-17+. The SMILES string of the molecule is O=C(NCc1ccccc1)c1c(/N=C/c2c(O)ccc3ccccc23)sc2c1CCCC2. The summed E-state index contributed by atoms with van der Waals surface area (Å²) in [6.45, 7) is 0.484. The Bertz CT molecular complexity index is 1310. The molecule has 4 nitrogen and oxygen atoms in total. The number of fused-ring (bicyclic) bond motifs is 2. The Kier molecular flexibility index (Phi) is 5.73. The molecule has 0 fully saturated rings. The van der Waals surface area contributed by atoms with Crippen LogP contribution in [0.5, 0.6) is 5.75 Å². The summed E-state index contributed by atoms with van der Waals surface area (Å²) in [5.74, 6) is 0.103. The monoisotopic (exact) mass is 440 g/mol. The van der Waals surface area contributed by atoms with Gasteiger partial charge in [-0.1, -0.05) is 60.7 Å². The maximum absolute atomic E-state index is 13.2. The van der Waals surface area contributed by atoms with E-state index in [9.17, 15) is 9.90 Å². The van der Waals surface area contributed by atoms with Crippen LogP contribution in [0.4, 0.5) is 5.00 Å². The number of hydrogen-bond acceptors (Lipinski definition) is 4. The van der Waals surface area contributed by atoms with E-state index in [1.165, 1.54) is 4.88 Å². The molecule has 160 valence electrons. The second-order valence-corrected chi connectivity index (χ2v) is 9.12. The third-order valence-corrected chi connectivity index (χ3v) is 7.13. The number of hydrogen-bond donors (Lipinski definition) is 2. The van der Waals surface area contributed by atoms with Crippen molar-refractivity contribution in [3.05, 3.63) is 93.9 Å². The summed E-state index contributed by atoms with van der Waals surface area (Å²) in [7, 11) is 0. The Morgan fingerprint density at radius 2 is 1.78 bits per heavy atom. The van der Waals surface area contributed by atoms with Crippen molar-refractivity contribution >= 4 is 39.2 Å². The number of aliphatic imine (C=N–C) groups is 1. The van der Waals surface area contributed by atoms with Gasteiger partial charge in [-0.3, -0.25) is 4.79 Å². The number of nitrogens with zero attached hydrogens (tertiary/aromatic N) is 1. The summed E-state index contributed by atoms with van der Waals surface area (Å²) in [5.41, 5.74) is 3.57. The molecule has 0 unspecified atom stereocenters. The molecule has 0 bridgehead atoms. The average molecular weight is 441 g/mol. The molecular weight excluding hydrogens is 416 g/mol. The van der Waals surface area contributed by atoms with Gasteiger partial charge in [0.15, 0.2) is 0 Å². The zero-order valence-electron chi connectivity index (χ0n) is 17.7. The highest BCUT2D eigenvalue weighted by Crippen LogP contribution is 2.40. The number of aromatic hydroxyl groups is 1. The second-order valence-electron chi connectivity index (χ2n) is 8.04. The Balaban J connectivity index is 1.50. The number of carbonyl (C=O) groups excluding carboxylic acids is 1. The van der Waals surface area contributed by atoms with Crippen LogP contribution in [-0.2, 0) is 19.4 Å². The predicted octanol–water partition coefficient (Wildman–Crippen LogP) is 6.17. The normalized spacial score (nSPS) is 13.4. The molecule has 1 aliphatic carbocycles. The fourth-order valence-electron chi connectivity index (χ4n) is 4.29. The van der Waals surface area contributed by atoms with Crippen molar-refractivity contribution in [2.45, 2.75) is 32.2 Å². The lowest BCUT2D eigenvalue weighted by atomic mass is 9.95. The summed E-state index contributed by atoms with van der Waals surface area (Å²) in [4.78, 5) is 19.2. The molecule has 0 saturated carbocycles. The zero-order valence-corrected chi connectivity index (χ0v) is 18.5. The number of benzene rings is 3. The molecule has 32 heavy (non-hydrogen) atoms. The molecule has 0 radical (unpaired) electrons. The van der Waals surface area contributed by atoms with Crippen molar-refractivity contribution in [2.75, 3.05) is 0 Å². The number of aryl methyl sites for hydroxylation is 1. The van der Waals surface area contributed by atoms with Crippen molar-refractivity contribution in [2.24, 2.45) is 4.99 Å². The lowest BCUT2D eigenvalue weighted by molar-refractivity contribution is 0.0951. The van der Waals surface area contributed by atoms with Crippen LogP contribution in [0, 0.1) is 0 Å². The van der Waals surface area contributed by atoms with Gasteiger partial charge >= 0.3 is 0 Å². The summed E-state index contributed by atoms with van der Waals surface area (Å²) in [6.07, 6.45) is 5.84. The van der Waals surface area contributed by atoms with Gasteiger partial charge in [-0.2, -0.15) is 0 Å². The number of phenolic OH excluding ortho intramolecular Hbond substituents is 1. The molecule has 0 aliphatic heterocycles. The highest BCUT2D eigenvalue weighted by molar-refractivity contribution is 7.16. The van der Waals surface area contributed by atoms with Crippen LogP contribution in [0.15, 0.2) is 71.7 Å². The topological polar surface area (TPSA) is 61.7 Å². The first-order valence-electron chi connectivity index (χ1n) is 10.9. The smallest absolute Gasteiger partial charge is 0.254 e. The van der Waals surface area contributed by atoms with E-state index in [1.807, 2.05) is 60.7 Å². The number of carbonyl (C=O) groups is 1. The lowest BCUT2D eigenvalue weighted by Crippen LogP contribution is -2.24. The van der Waals surface area contributed by atoms with Gasteiger partial charge in [-0.15, -0.1) is 11.3 Å². The van der Waals surface area contributed by atoms with Gasteiger partial charge in [0.1, 0.15) is 10.8 Å². The molecule has 5 heteroatoms. The fourth-order valence-corrected chi connectivity index (χ4v) is 5.52. The molecule has 0 spiro atoms. The summed E-state index contributed by atoms with van der Waals surface area (Å²) >= 11 is 1.60. The molecule has 4 aromatic rings. The summed E-state index contributed by atoms with van der Waals surface area (Å²) < 4.78 is 0. The van der Waals surface area contributed by atoms with Crippen LogP contribution >= 0.6 is 11.3 Å². The molecular formula is C27H24N2O2S. The second kappa shape index (κ2) is 8.97. The molecule has 3 aromatic carbocycles. The van der Waals surface area contributed by atoms with E-state index in [-0.39, 0.29) is 11.7 Å². The van der Waals surface area contributed by atoms with Crippen molar-refractivity contribution in [3.8, 4) is 5.75 Å². The van der Waals surface area contributed by atoms with Crippen molar-refractivity contribution in [3.63, 3.8) is 0 Å². The van der Waals surface area contributed by atoms with E-state index < -0.39 is 0 Å². The molecule has 1 amide bonds. The van der Waals surface area contributed by atoms with E-state index in [0.717, 1.165) is 52.6 Å². The molecule has 1 heterocycles. The number of rotatable bonds is 5. The number of amides is 1. The third-order valence-electron chi connectivity index (χ3n) is 5.93. The molecule has 1 aromatic heterocycles. The van der Waals surface area contributed by atoms with Gasteiger partial charge in [-0.05, 0) is 53.6 Å². The molecule has 5 rings (SSSR count). The highest BCUT2D eigenvalue weighted by Gasteiger charge is 2.25. The Morgan fingerprint density at radius 1 is 1.00 bits per heavy atom. The Labute approximate surface area is 191 Å². The third kappa shape index (κ3) is 4.04. The molecule has 0 saturated heterocycles. The van der Waals surface area contributed by atoms with Gasteiger partial charge in [0, 0.05) is 23.2 Å². The largest absolute Gasteiger partial charge is 0.507 e. The van der Waals surface area contributed by atoms with Crippen LogP contribution in [-0.4, -0.2) is 17.2 Å². The van der Waals surface area contributed by atoms with Gasteiger partial charge < -0.3 is 10.4 Å². The number of phenols is 1. The molecule has 1 aliphatic rings. The van der Waals surface area contributed by atoms with E-state index in [4.69, 9.17) is 4.99 Å². The zero-order chi connectivity index (χ0) is 21.9. The highest BCUT2D eigenvalue weighted by atomic mass is 32.1. The maximum Gasteiger partial charge on any atom is 0.254 e. The van der Waals surface area contributed by atoms with Crippen LogP contribution < -0.4 is 5.32 Å². The van der Waals surface area contributed by atoms with Crippen LogP contribution in [0.2, 0.25) is 0 Å². The fraction of sp³-hybridized carbons (Fsp3) is 0.185. The minimum Gasteiger partial charge on any atom is -0.507 e. The quantitative estimate of drug-likeness (QED) is 0.365. The first kappa shape index (κ1) is 20.5. The predicted molar refractivity (Wildman–Crippen MR) is 131 cm³/mol. The first-order chi connectivity index (χ1) is 15.7. The van der Waals surface area contributed by atoms with Gasteiger partial charge in [0.2, 0.25) is 0 Å². The maximum atomic E-state index is 13.2. The van der Waals surface area contributed by atoms with E-state index >= 15 is 0 Å². The Morgan fingerprint density at radius 3 is 2.66 bits per heavy atom. The van der Waals surface area contributed by atoms with Gasteiger partial charge in [-0.25, -0.2) is 4.99 Å². The van der Waals surface area contributed by atoms with Crippen molar-refractivity contribution < 1.29 is 9.90 Å². The van der Waals surface area contributed by atoms with Gasteiger partial charge in [0.05, 0.1) is 5.56 Å². The number of thiophene rings is 1. The van der Waals surface area contributed by atoms with Gasteiger partial charge in [0.25, 0.3) is 5.91 Å².